The van der Waals surface area contributed by atoms with Gasteiger partial charge in [-0.1, -0.05) is 12.8 Å². The highest BCUT2D eigenvalue weighted by molar-refractivity contribution is 5.55. The lowest BCUT2D eigenvalue weighted by Gasteiger charge is -2.40. The SMILES string of the molecule is C(=NC1CC2CCC1CC2)N1CCC(c2cnc[nH]2)CC1. The van der Waals surface area contributed by atoms with Gasteiger partial charge in [-0.15, -0.1) is 0 Å². The average Bonchev–Trinajstić information content (AvgIpc) is 3.09. The van der Waals surface area contributed by atoms with Crippen molar-refractivity contribution >= 4 is 6.34 Å². The van der Waals surface area contributed by atoms with Crippen LogP contribution in [0.2, 0.25) is 0 Å². The Kier molecular flexibility index (Phi) is 3.70. The molecule has 1 N–H and O–H groups in total. The molecule has 1 aromatic rings. The smallest absolute Gasteiger partial charge is 0.0921 e. The summed E-state index contributed by atoms with van der Waals surface area (Å²) in [7, 11) is 0. The number of hydrogen-bond acceptors (Lipinski definition) is 2. The van der Waals surface area contributed by atoms with E-state index in [4.69, 9.17) is 4.99 Å². The van der Waals surface area contributed by atoms with Gasteiger partial charge in [-0.3, -0.25) is 4.99 Å². The largest absolute Gasteiger partial charge is 0.363 e. The summed E-state index contributed by atoms with van der Waals surface area (Å²) in [5, 5.41) is 0. The summed E-state index contributed by atoms with van der Waals surface area (Å²) >= 11 is 0. The lowest BCUT2D eigenvalue weighted by molar-refractivity contribution is 0.148. The van der Waals surface area contributed by atoms with Crippen LogP contribution in [0.25, 0.3) is 0 Å². The third-order valence-electron chi connectivity index (χ3n) is 5.92. The van der Waals surface area contributed by atoms with E-state index in [2.05, 4.69) is 21.2 Å². The Morgan fingerprint density at radius 2 is 1.95 bits per heavy atom. The van der Waals surface area contributed by atoms with Gasteiger partial charge in [0, 0.05) is 30.9 Å². The van der Waals surface area contributed by atoms with Crippen LogP contribution in [-0.2, 0) is 0 Å². The molecule has 114 valence electrons. The molecule has 21 heavy (non-hydrogen) atoms. The van der Waals surface area contributed by atoms with Crippen LogP contribution in [0.15, 0.2) is 17.5 Å². The molecule has 5 rings (SSSR count). The summed E-state index contributed by atoms with van der Waals surface area (Å²) in [4.78, 5) is 14.8. The van der Waals surface area contributed by atoms with Crippen LogP contribution in [0.5, 0.6) is 0 Å². The number of aromatic amines is 1. The summed E-state index contributed by atoms with van der Waals surface area (Å²) in [6.45, 7) is 2.27. The molecule has 2 bridgehead atoms. The molecule has 4 fully saturated rings. The Morgan fingerprint density at radius 1 is 1.14 bits per heavy atom. The molecule has 0 spiro atoms. The fraction of sp³-hybridized carbons (Fsp3) is 0.765. The van der Waals surface area contributed by atoms with E-state index >= 15 is 0 Å². The molecule has 0 amide bonds. The number of nitrogens with one attached hydrogen (secondary N) is 1. The zero-order chi connectivity index (χ0) is 14.1. The monoisotopic (exact) mass is 286 g/mol. The van der Waals surface area contributed by atoms with Crippen LogP contribution in [0.3, 0.4) is 0 Å². The number of rotatable bonds is 3. The van der Waals surface area contributed by atoms with Crippen LogP contribution in [-0.4, -0.2) is 40.3 Å². The number of aromatic nitrogens is 2. The molecular formula is C17H26N4. The van der Waals surface area contributed by atoms with Gasteiger partial charge >= 0.3 is 0 Å². The van der Waals surface area contributed by atoms with Crippen molar-refractivity contribution in [3.05, 3.63) is 18.2 Å². The Morgan fingerprint density at radius 3 is 2.57 bits per heavy atom. The third kappa shape index (κ3) is 2.85. The van der Waals surface area contributed by atoms with E-state index in [9.17, 15) is 0 Å². The van der Waals surface area contributed by atoms with Gasteiger partial charge in [0.2, 0.25) is 0 Å². The quantitative estimate of drug-likeness (QED) is 0.685. The first-order chi connectivity index (χ1) is 10.4. The van der Waals surface area contributed by atoms with Gasteiger partial charge in [-0.2, -0.15) is 0 Å². The molecule has 3 saturated carbocycles. The van der Waals surface area contributed by atoms with Crippen LogP contribution < -0.4 is 0 Å². The molecule has 0 aromatic carbocycles. The highest BCUT2D eigenvalue weighted by Crippen LogP contribution is 2.42. The number of aliphatic imine (C=N–C) groups is 1. The molecule has 1 atom stereocenters. The summed E-state index contributed by atoms with van der Waals surface area (Å²) in [5.41, 5.74) is 1.30. The van der Waals surface area contributed by atoms with Gasteiger partial charge in [0.25, 0.3) is 0 Å². The summed E-state index contributed by atoms with van der Waals surface area (Å²) in [6.07, 6.45) is 15.5. The first-order valence-electron chi connectivity index (χ1n) is 8.64. The van der Waals surface area contributed by atoms with Gasteiger partial charge < -0.3 is 9.88 Å². The number of hydrogen-bond donors (Lipinski definition) is 1. The first kappa shape index (κ1) is 13.4. The van der Waals surface area contributed by atoms with Crippen molar-refractivity contribution < 1.29 is 0 Å². The summed E-state index contributed by atoms with van der Waals surface area (Å²) < 4.78 is 0. The summed E-state index contributed by atoms with van der Waals surface area (Å²) in [5.74, 6) is 2.51. The highest BCUT2D eigenvalue weighted by atomic mass is 15.2. The van der Waals surface area contributed by atoms with Crippen molar-refractivity contribution in [2.75, 3.05) is 13.1 Å². The van der Waals surface area contributed by atoms with Gasteiger partial charge in [-0.05, 0) is 43.9 Å². The Bertz CT molecular complexity index is 465. The molecule has 4 aliphatic rings. The van der Waals surface area contributed by atoms with Crippen LogP contribution in [0.1, 0.15) is 56.6 Å². The van der Waals surface area contributed by atoms with E-state index in [0.29, 0.717) is 12.0 Å². The predicted molar refractivity (Wildman–Crippen MR) is 84.5 cm³/mol. The maximum atomic E-state index is 4.96. The molecule has 1 aromatic heterocycles. The van der Waals surface area contributed by atoms with Crippen molar-refractivity contribution in [3.8, 4) is 0 Å². The molecular weight excluding hydrogens is 260 g/mol. The van der Waals surface area contributed by atoms with Crippen molar-refractivity contribution in [2.24, 2.45) is 16.8 Å². The van der Waals surface area contributed by atoms with Crippen LogP contribution in [0.4, 0.5) is 0 Å². The fourth-order valence-electron chi connectivity index (χ4n) is 4.52. The number of fused-ring (bicyclic) bond motifs is 3. The molecule has 2 heterocycles. The molecule has 0 radical (unpaired) electrons. The Hall–Kier alpha value is -1.32. The van der Waals surface area contributed by atoms with E-state index in [1.807, 2.05) is 6.20 Å². The van der Waals surface area contributed by atoms with Gasteiger partial charge in [0.15, 0.2) is 0 Å². The molecule has 4 nitrogen and oxygen atoms in total. The fourth-order valence-corrected chi connectivity index (χ4v) is 4.52. The van der Waals surface area contributed by atoms with Gasteiger partial charge in [0.1, 0.15) is 0 Å². The topological polar surface area (TPSA) is 44.3 Å². The molecule has 1 saturated heterocycles. The maximum absolute atomic E-state index is 4.96. The minimum absolute atomic E-state index is 0.628. The van der Waals surface area contributed by atoms with Crippen molar-refractivity contribution in [1.82, 2.24) is 14.9 Å². The second-order valence-electron chi connectivity index (χ2n) is 7.17. The Balaban J connectivity index is 1.30. The van der Waals surface area contributed by atoms with E-state index < -0.39 is 0 Å². The highest BCUT2D eigenvalue weighted by Gasteiger charge is 2.35. The number of nitrogens with zero attached hydrogens (tertiary/aromatic N) is 3. The number of piperidine rings is 1. The molecule has 3 aliphatic carbocycles. The third-order valence-corrected chi connectivity index (χ3v) is 5.92. The Labute approximate surface area is 127 Å². The maximum Gasteiger partial charge on any atom is 0.0921 e. The molecule has 1 unspecified atom stereocenters. The summed E-state index contributed by atoms with van der Waals surface area (Å²) in [6, 6.07) is 0.628. The zero-order valence-electron chi connectivity index (χ0n) is 12.7. The minimum atomic E-state index is 0.628. The second kappa shape index (κ2) is 5.82. The van der Waals surface area contributed by atoms with E-state index in [1.165, 1.54) is 50.6 Å². The minimum Gasteiger partial charge on any atom is -0.363 e. The average molecular weight is 286 g/mol. The lowest BCUT2D eigenvalue weighted by Crippen LogP contribution is -2.36. The number of imidazole rings is 1. The molecule has 4 heteroatoms. The van der Waals surface area contributed by atoms with Crippen molar-refractivity contribution in [2.45, 2.75) is 56.9 Å². The second-order valence-corrected chi connectivity index (χ2v) is 7.17. The predicted octanol–water partition coefficient (Wildman–Crippen LogP) is 3.20. The van der Waals surface area contributed by atoms with Crippen molar-refractivity contribution in [3.63, 3.8) is 0 Å². The van der Waals surface area contributed by atoms with Gasteiger partial charge in [-0.25, -0.2) is 4.98 Å². The molecule has 1 aliphatic heterocycles. The van der Waals surface area contributed by atoms with E-state index in [-0.39, 0.29) is 0 Å². The van der Waals surface area contributed by atoms with Crippen LogP contribution >= 0.6 is 0 Å². The van der Waals surface area contributed by atoms with E-state index in [1.54, 1.807) is 6.33 Å². The standard InChI is InChI=1S/C17H26N4/c1-3-14-4-2-13(1)9-16(14)20-12-21-7-5-15(6-8-21)17-10-18-11-19-17/h10-16H,1-9H2,(H,18,19). The zero-order valence-corrected chi connectivity index (χ0v) is 12.7. The van der Waals surface area contributed by atoms with E-state index in [0.717, 1.165) is 24.9 Å². The number of H-pyrrole nitrogens is 1. The van der Waals surface area contributed by atoms with Crippen molar-refractivity contribution in [1.29, 1.82) is 0 Å². The van der Waals surface area contributed by atoms with Gasteiger partial charge in [0.05, 0.1) is 18.7 Å². The first-order valence-corrected chi connectivity index (χ1v) is 8.64. The number of likely N-dealkylation sites (tertiary alicyclic amines) is 1. The van der Waals surface area contributed by atoms with Crippen LogP contribution in [0, 0.1) is 11.8 Å². The lowest BCUT2D eigenvalue weighted by atomic mass is 9.68. The normalized spacial score (nSPS) is 33.9.